The van der Waals surface area contributed by atoms with E-state index in [1.165, 1.54) is 0 Å². The summed E-state index contributed by atoms with van der Waals surface area (Å²) in [6, 6.07) is 1.95. The van der Waals surface area contributed by atoms with Gasteiger partial charge < -0.3 is 5.32 Å². The fourth-order valence-electron chi connectivity index (χ4n) is 1.87. The molecule has 1 amide bonds. The second-order valence-electron chi connectivity index (χ2n) is 4.91. The Morgan fingerprint density at radius 2 is 2.35 bits per heavy atom. The molecule has 0 radical (unpaired) electrons. The van der Waals surface area contributed by atoms with Gasteiger partial charge >= 0.3 is 0 Å². The van der Waals surface area contributed by atoms with Gasteiger partial charge in [-0.15, -0.1) is 0 Å². The Labute approximate surface area is 107 Å². The second kappa shape index (κ2) is 5.08. The normalized spacial score (nSPS) is 16.6. The van der Waals surface area contributed by atoms with Crippen LogP contribution in [-0.4, -0.2) is 16.6 Å². The maximum absolute atomic E-state index is 11.8. The Kier molecular flexibility index (Phi) is 3.72. The number of rotatable bonds is 5. The van der Waals surface area contributed by atoms with Crippen LogP contribution < -0.4 is 5.32 Å². The molecule has 4 heteroatoms. The third-order valence-corrected chi connectivity index (χ3v) is 4.11. The Bertz CT molecular complexity index is 416. The van der Waals surface area contributed by atoms with Gasteiger partial charge in [-0.1, -0.05) is 0 Å². The van der Waals surface area contributed by atoms with Crippen LogP contribution in [0, 0.1) is 12.3 Å². The Balaban J connectivity index is 1.82. The summed E-state index contributed by atoms with van der Waals surface area (Å²) in [6.07, 6.45) is 6.46. The molecular weight excluding hydrogens is 232 g/mol. The van der Waals surface area contributed by atoms with Crippen LogP contribution in [0.5, 0.6) is 0 Å². The molecule has 1 aliphatic rings. The van der Waals surface area contributed by atoms with E-state index < -0.39 is 0 Å². The highest BCUT2D eigenvalue weighted by atomic mass is 32.1. The molecule has 17 heavy (non-hydrogen) atoms. The molecule has 1 aliphatic carbocycles. The highest BCUT2D eigenvalue weighted by molar-refractivity contribution is 7.80. The van der Waals surface area contributed by atoms with E-state index in [1.54, 1.807) is 6.20 Å². The fraction of sp³-hybridized carbons (Fsp3) is 0.538. The number of hydrogen-bond acceptors (Lipinski definition) is 3. The average molecular weight is 250 g/mol. The van der Waals surface area contributed by atoms with Crippen molar-refractivity contribution in [2.45, 2.75) is 32.7 Å². The van der Waals surface area contributed by atoms with E-state index in [4.69, 9.17) is 0 Å². The zero-order valence-corrected chi connectivity index (χ0v) is 11.0. The van der Waals surface area contributed by atoms with E-state index in [2.05, 4.69) is 22.9 Å². The van der Waals surface area contributed by atoms with Crippen LogP contribution in [0.25, 0.3) is 0 Å². The number of carbonyl (C=O) groups excluding carboxylic acids is 1. The Morgan fingerprint density at radius 1 is 1.59 bits per heavy atom. The van der Waals surface area contributed by atoms with E-state index in [1.807, 2.05) is 19.2 Å². The summed E-state index contributed by atoms with van der Waals surface area (Å²) >= 11 is 4.30. The second-order valence-corrected chi connectivity index (χ2v) is 5.23. The first-order chi connectivity index (χ1) is 8.15. The van der Waals surface area contributed by atoms with Crippen molar-refractivity contribution in [1.29, 1.82) is 0 Å². The molecule has 0 saturated heterocycles. The first kappa shape index (κ1) is 12.4. The minimum absolute atomic E-state index is 0.132. The summed E-state index contributed by atoms with van der Waals surface area (Å²) in [4.78, 5) is 15.8. The van der Waals surface area contributed by atoms with E-state index in [0.717, 1.165) is 29.7 Å². The summed E-state index contributed by atoms with van der Waals surface area (Å²) in [5, 5.41) is 2.97. The minimum Gasteiger partial charge on any atom is -0.352 e. The fourth-order valence-corrected chi connectivity index (χ4v) is 2.29. The predicted octanol–water partition coefficient (Wildman–Crippen LogP) is 2.11. The molecule has 1 fully saturated rings. The zero-order chi connectivity index (χ0) is 12.3. The summed E-state index contributed by atoms with van der Waals surface area (Å²) in [5.41, 5.74) is 2.44. The quantitative estimate of drug-likeness (QED) is 0.786. The van der Waals surface area contributed by atoms with E-state index in [9.17, 15) is 4.79 Å². The molecule has 2 rings (SSSR count). The van der Waals surface area contributed by atoms with Crippen molar-refractivity contribution < 1.29 is 4.79 Å². The van der Waals surface area contributed by atoms with Crippen LogP contribution in [0.2, 0.25) is 0 Å². The van der Waals surface area contributed by atoms with E-state index in [0.29, 0.717) is 13.0 Å². The largest absolute Gasteiger partial charge is 0.352 e. The number of aryl methyl sites for hydroxylation is 1. The highest BCUT2D eigenvalue weighted by Gasteiger charge is 2.42. The van der Waals surface area contributed by atoms with Gasteiger partial charge in [-0.25, -0.2) is 0 Å². The van der Waals surface area contributed by atoms with Gasteiger partial charge in [0.25, 0.3) is 0 Å². The Morgan fingerprint density at radius 3 is 2.94 bits per heavy atom. The number of nitrogens with one attached hydrogen (secondary N) is 1. The highest BCUT2D eigenvalue weighted by Crippen LogP contribution is 2.49. The third kappa shape index (κ3) is 3.22. The number of amides is 1. The van der Waals surface area contributed by atoms with Crippen molar-refractivity contribution >= 4 is 18.5 Å². The molecule has 0 bridgehead atoms. The molecule has 0 unspecified atom stereocenters. The molecule has 1 aromatic rings. The van der Waals surface area contributed by atoms with Gasteiger partial charge in [0.15, 0.2) is 0 Å². The van der Waals surface area contributed by atoms with Crippen molar-refractivity contribution in [2.24, 2.45) is 5.41 Å². The lowest BCUT2D eigenvalue weighted by atomic mass is 10.0. The number of thiol groups is 1. The lowest BCUT2D eigenvalue weighted by Crippen LogP contribution is -2.26. The molecule has 0 aliphatic heterocycles. The van der Waals surface area contributed by atoms with Crippen LogP contribution in [0.15, 0.2) is 18.5 Å². The monoisotopic (exact) mass is 250 g/mol. The number of pyridine rings is 1. The van der Waals surface area contributed by atoms with Gasteiger partial charge in [0, 0.05) is 25.4 Å². The predicted molar refractivity (Wildman–Crippen MR) is 71.0 cm³/mol. The maximum atomic E-state index is 11.8. The van der Waals surface area contributed by atoms with Crippen LogP contribution >= 0.6 is 12.6 Å². The van der Waals surface area contributed by atoms with Gasteiger partial charge in [-0.2, -0.15) is 12.6 Å². The summed E-state index contributed by atoms with van der Waals surface area (Å²) < 4.78 is 0. The molecule has 3 nitrogen and oxygen atoms in total. The van der Waals surface area contributed by atoms with Crippen LogP contribution in [0.3, 0.4) is 0 Å². The first-order valence-electron chi connectivity index (χ1n) is 5.92. The number of aromatic nitrogens is 1. The number of hydrogen-bond donors (Lipinski definition) is 2. The van der Waals surface area contributed by atoms with Gasteiger partial charge in [0.2, 0.25) is 5.91 Å². The van der Waals surface area contributed by atoms with Crippen molar-refractivity contribution in [1.82, 2.24) is 10.3 Å². The smallest absolute Gasteiger partial charge is 0.220 e. The number of carbonyl (C=O) groups is 1. The van der Waals surface area contributed by atoms with E-state index >= 15 is 0 Å². The van der Waals surface area contributed by atoms with Gasteiger partial charge in [-0.05, 0) is 48.1 Å². The lowest BCUT2D eigenvalue weighted by molar-refractivity contribution is -0.122. The molecular formula is C13H18N2OS. The third-order valence-electron chi connectivity index (χ3n) is 3.44. The molecule has 1 N–H and O–H groups in total. The average Bonchev–Trinajstić information content (AvgIpc) is 3.08. The van der Waals surface area contributed by atoms with E-state index in [-0.39, 0.29) is 11.3 Å². The molecule has 1 heterocycles. The summed E-state index contributed by atoms with van der Waals surface area (Å²) in [7, 11) is 0. The van der Waals surface area contributed by atoms with Crippen LogP contribution in [-0.2, 0) is 11.3 Å². The molecule has 0 aromatic carbocycles. The van der Waals surface area contributed by atoms with Crippen molar-refractivity contribution in [3.05, 3.63) is 29.6 Å². The molecule has 0 atom stereocenters. The first-order valence-corrected chi connectivity index (χ1v) is 6.55. The van der Waals surface area contributed by atoms with Crippen molar-refractivity contribution in [2.75, 3.05) is 5.75 Å². The van der Waals surface area contributed by atoms with Crippen LogP contribution in [0.4, 0.5) is 0 Å². The zero-order valence-electron chi connectivity index (χ0n) is 10.1. The van der Waals surface area contributed by atoms with Gasteiger partial charge in [0.1, 0.15) is 0 Å². The standard InChI is InChI=1S/C13H18N2OS/c1-10-7-14-5-2-11(10)8-15-12(16)6-13(9-17)3-4-13/h2,5,7,17H,3-4,6,8-9H2,1H3,(H,15,16). The number of nitrogens with zero attached hydrogens (tertiary/aromatic N) is 1. The molecule has 1 aromatic heterocycles. The molecule has 1 saturated carbocycles. The molecule has 92 valence electrons. The Hall–Kier alpha value is -1.03. The summed E-state index contributed by atoms with van der Waals surface area (Å²) in [5.74, 6) is 0.946. The van der Waals surface area contributed by atoms with Crippen molar-refractivity contribution in [3.63, 3.8) is 0 Å². The minimum atomic E-state index is 0.132. The summed E-state index contributed by atoms with van der Waals surface area (Å²) in [6.45, 7) is 2.60. The topological polar surface area (TPSA) is 42.0 Å². The van der Waals surface area contributed by atoms with Crippen molar-refractivity contribution in [3.8, 4) is 0 Å². The van der Waals surface area contributed by atoms with Gasteiger partial charge in [0.05, 0.1) is 0 Å². The SMILES string of the molecule is Cc1cnccc1CNC(=O)CC1(CS)CC1. The molecule has 0 spiro atoms. The lowest BCUT2D eigenvalue weighted by Gasteiger charge is -2.12. The van der Waals surface area contributed by atoms with Gasteiger partial charge in [-0.3, -0.25) is 9.78 Å². The maximum Gasteiger partial charge on any atom is 0.220 e. The van der Waals surface area contributed by atoms with Crippen LogP contribution in [0.1, 0.15) is 30.4 Å².